The van der Waals surface area contributed by atoms with Gasteiger partial charge in [-0.15, -0.1) is 0 Å². The molecule has 0 saturated carbocycles. The fraction of sp³-hybridized carbons (Fsp3) is 0.303. The van der Waals surface area contributed by atoms with Crippen molar-refractivity contribution in [1.29, 1.82) is 0 Å². The average molecular weight is 583 g/mol. The summed E-state index contributed by atoms with van der Waals surface area (Å²) in [5, 5.41) is 6.71. The first-order valence-corrected chi connectivity index (χ1v) is 14.5. The summed E-state index contributed by atoms with van der Waals surface area (Å²) in [6, 6.07) is 19.6. The molecule has 1 saturated heterocycles. The number of morpholine rings is 1. The molecule has 3 heterocycles. The van der Waals surface area contributed by atoms with Crippen molar-refractivity contribution in [2.24, 2.45) is 0 Å². The summed E-state index contributed by atoms with van der Waals surface area (Å²) in [5.74, 6) is 1.18. The van der Waals surface area contributed by atoms with Crippen molar-refractivity contribution in [3.8, 4) is 17.4 Å². The molecular weight excluding hydrogens is 548 g/mol. The molecule has 0 atom stereocenters. The van der Waals surface area contributed by atoms with Crippen LogP contribution in [0, 0.1) is 6.92 Å². The van der Waals surface area contributed by atoms with Crippen LogP contribution in [-0.2, 0) is 4.74 Å². The predicted octanol–water partition coefficient (Wildman–Crippen LogP) is 4.92. The number of anilines is 2. The van der Waals surface area contributed by atoms with Gasteiger partial charge >= 0.3 is 0 Å². The number of aromatic nitrogens is 1. The van der Waals surface area contributed by atoms with E-state index in [1.807, 2.05) is 37.3 Å². The lowest BCUT2D eigenvalue weighted by molar-refractivity contribution is 0.0357. The van der Waals surface area contributed by atoms with Crippen LogP contribution < -0.4 is 24.8 Å². The second kappa shape index (κ2) is 13.1. The van der Waals surface area contributed by atoms with E-state index >= 15 is 0 Å². The number of carbonyl (C=O) groups is 2. The standard InChI is InChI=1S/C33H34N4O6/c1-22-3-7-26(34-32(38)25-5-9-29-30(20-25)42-18-17-41-29)21-28(22)36-33(39)24-4-8-27-23(19-24)6-10-31(35-27)43-14-2-11-37-12-15-40-16-13-37/h3-10,19-21H,2,11-18H2,1H3,(H,34,38)(H,36,39). The molecule has 10 heteroatoms. The van der Waals surface area contributed by atoms with Crippen LogP contribution in [0.25, 0.3) is 10.9 Å². The monoisotopic (exact) mass is 582 g/mol. The van der Waals surface area contributed by atoms with E-state index in [1.165, 1.54) is 0 Å². The molecule has 222 valence electrons. The molecule has 4 aromatic rings. The number of ether oxygens (including phenoxy) is 4. The Hall–Kier alpha value is -4.67. The van der Waals surface area contributed by atoms with Crippen LogP contribution >= 0.6 is 0 Å². The maximum atomic E-state index is 13.2. The molecule has 0 spiro atoms. The first-order chi connectivity index (χ1) is 21.0. The summed E-state index contributed by atoms with van der Waals surface area (Å²) in [4.78, 5) is 33.1. The normalized spacial score (nSPS) is 14.7. The molecule has 0 bridgehead atoms. The highest BCUT2D eigenvalue weighted by atomic mass is 16.6. The summed E-state index contributed by atoms with van der Waals surface area (Å²) in [6.07, 6.45) is 0.918. The van der Waals surface area contributed by atoms with Crippen molar-refractivity contribution >= 4 is 34.1 Å². The van der Waals surface area contributed by atoms with Crippen molar-refractivity contribution in [2.45, 2.75) is 13.3 Å². The molecule has 2 amide bonds. The van der Waals surface area contributed by atoms with Crippen LogP contribution in [0.3, 0.4) is 0 Å². The number of hydrogen-bond acceptors (Lipinski definition) is 8. The van der Waals surface area contributed by atoms with Crippen LogP contribution in [0.15, 0.2) is 66.7 Å². The van der Waals surface area contributed by atoms with E-state index in [-0.39, 0.29) is 11.8 Å². The number of hydrogen-bond donors (Lipinski definition) is 2. The third-order valence-corrected chi connectivity index (χ3v) is 7.45. The minimum atomic E-state index is -0.291. The van der Waals surface area contributed by atoms with Gasteiger partial charge in [-0.3, -0.25) is 14.5 Å². The number of benzene rings is 3. The molecule has 0 radical (unpaired) electrons. The number of nitrogens with zero attached hydrogens (tertiary/aromatic N) is 2. The number of aryl methyl sites for hydroxylation is 1. The Kier molecular flexibility index (Phi) is 8.67. The molecule has 10 nitrogen and oxygen atoms in total. The maximum Gasteiger partial charge on any atom is 0.255 e. The van der Waals surface area contributed by atoms with Crippen LogP contribution in [0.4, 0.5) is 11.4 Å². The van der Waals surface area contributed by atoms with Gasteiger partial charge in [0.25, 0.3) is 11.8 Å². The molecule has 43 heavy (non-hydrogen) atoms. The first kappa shape index (κ1) is 28.4. The Morgan fingerprint density at radius 1 is 0.837 bits per heavy atom. The SMILES string of the molecule is Cc1ccc(NC(=O)c2ccc3c(c2)OCCO3)cc1NC(=O)c1ccc2nc(OCCCN3CCOCC3)ccc2c1. The Morgan fingerprint density at radius 3 is 2.47 bits per heavy atom. The minimum absolute atomic E-state index is 0.260. The number of pyridine rings is 1. The Bertz CT molecular complexity index is 1640. The Balaban J connectivity index is 1.07. The Morgan fingerprint density at radius 2 is 1.60 bits per heavy atom. The minimum Gasteiger partial charge on any atom is -0.486 e. The molecule has 3 aromatic carbocycles. The van der Waals surface area contributed by atoms with Gasteiger partial charge in [-0.05, 0) is 73.5 Å². The smallest absolute Gasteiger partial charge is 0.255 e. The van der Waals surface area contributed by atoms with Gasteiger partial charge in [0.15, 0.2) is 11.5 Å². The van der Waals surface area contributed by atoms with E-state index in [0.717, 1.165) is 55.7 Å². The zero-order valence-electron chi connectivity index (χ0n) is 24.1. The summed E-state index contributed by atoms with van der Waals surface area (Å²) < 4.78 is 22.4. The number of amides is 2. The molecule has 2 aliphatic rings. The molecule has 2 N–H and O–H groups in total. The summed E-state index contributed by atoms with van der Waals surface area (Å²) >= 11 is 0. The van der Waals surface area contributed by atoms with Gasteiger partial charge in [-0.25, -0.2) is 4.98 Å². The fourth-order valence-electron chi connectivity index (χ4n) is 5.03. The second-order valence-corrected chi connectivity index (χ2v) is 10.5. The molecule has 1 fully saturated rings. The largest absolute Gasteiger partial charge is 0.486 e. The quantitative estimate of drug-likeness (QED) is 0.268. The van der Waals surface area contributed by atoms with Gasteiger partial charge in [0.1, 0.15) is 13.2 Å². The van der Waals surface area contributed by atoms with Crippen molar-refractivity contribution in [1.82, 2.24) is 9.88 Å². The van der Waals surface area contributed by atoms with Gasteiger partial charge in [0, 0.05) is 53.6 Å². The van der Waals surface area contributed by atoms with Gasteiger partial charge in [0.05, 0.1) is 25.3 Å². The average Bonchev–Trinajstić information content (AvgIpc) is 3.04. The van der Waals surface area contributed by atoms with E-state index in [2.05, 4.69) is 20.5 Å². The third-order valence-electron chi connectivity index (χ3n) is 7.45. The lowest BCUT2D eigenvalue weighted by Crippen LogP contribution is -2.37. The molecule has 1 aromatic heterocycles. The molecule has 0 aliphatic carbocycles. The van der Waals surface area contributed by atoms with Crippen molar-refractivity contribution in [3.05, 3.63) is 83.4 Å². The predicted molar refractivity (Wildman–Crippen MR) is 164 cm³/mol. The van der Waals surface area contributed by atoms with E-state index in [0.29, 0.717) is 59.7 Å². The van der Waals surface area contributed by atoms with Crippen molar-refractivity contribution < 1.29 is 28.5 Å². The second-order valence-electron chi connectivity index (χ2n) is 10.5. The zero-order valence-corrected chi connectivity index (χ0v) is 24.1. The first-order valence-electron chi connectivity index (χ1n) is 14.5. The van der Waals surface area contributed by atoms with E-state index in [1.54, 1.807) is 36.4 Å². The Labute approximate surface area is 249 Å². The van der Waals surface area contributed by atoms with Gasteiger partial charge in [-0.1, -0.05) is 6.07 Å². The number of rotatable bonds is 9. The van der Waals surface area contributed by atoms with Crippen LogP contribution in [0.2, 0.25) is 0 Å². The van der Waals surface area contributed by atoms with E-state index < -0.39 is 0 Å². The topological polar surface area (TPSA) is 111 Å². The third kappa shape index (κ3) is 7.04. The highest BCUT2D eigenvalue weighted by molar-refractivity contribution is 6.08. The van der Waals surface area contributed by atoms with Crippen molar-refractivity contribution in [2.75, 3.05) is 63.3 Å². The molecule has 0 unspecified atom stereocenters. The van der Waals surface area contributed by atoms with Crippen LogP contribution in [-0.4, -0.2) is 74.4 Å². The highest BCUT2D eigenvalue weighted by Crippen LogP contribution is 2.31. The summed E-state index contributed by atoms with van der Waals surface area (Å²) in [5.41, 5.74) is 3.72. The molecule has 6 rings (SSSR count). The molecular formula is C33H34N4O6. The lowest BCUT2D eigenvalue weighted by atomic mass is 10.1. The summed E-state index contributed by atoms with van der Waals surface area (Å²) in [6.45, 7) is 7.91. The zero-order chi connectivity index (χ0) is 29.6. The van der Waals surface area contributed by atoms with Gasteiger partial charge in [-0.2, -0.15) is 0 Å². The maximum absolute atomic E-state index is 13.2. The van der Waals surface area contributed by atoms with Gasteiger partial charge < -0.3 is 29.6 Å². The highest BCUT2D eigenvalue weighted by Gasteiger charge is 2.16. The number of nitrogens with one attached hydrogen (secondary N) is 2. The number of carbonyl (C=O) groups excluding carboxylic acids is 2. The molecule has 2 aliphatic heterocycles. The number of fused-ring (bicyclic) bond motifs is 2. The van der Waals surface area contributed by atoms with Crippen LogP contribution in [0.1, 0.15) is 32.7 Å². The summed E-state index contributed by atoms with van der Waals surface area (Å²) in [7, 11) is 0. The van der Waals surface area contributed by atoms with E-state index in [9.17, 15) is 9.59 Å². The van der Waals surface area contributed by atoms with E-state index in [4.69, 9.17) is 18.9 Å². The van der Waals surface area contributed by atoms with Crippen molar-refractivity contribution in [3.63, 3.8) is 0 Å². The van der Waals surface area contributed by atoms with Gasteiger partial charge in [0.2, 0.25) is 5.88 Å². The van der Waals surface area contributed by atoms with Crippen LogP contribution in [0.5, 0.6) is 17.4 Å². The fourth-order valence-corrected chi connectivity index (χ4v) is 5.03. The lowest BCUT2D eigenvalue weighted by Gasteiger charge is -2.26.